The van der Waals surface area contributed by atoms with Gasteiger partial charge in [0.1, 0.15) is 18.2 Å². The number of likely N-dealkylation sites (tertiary alicyclic amines) is 1. The van der Waals surface area contributed by atoms with Gasteiger partial charge in [0.25, 0.3) is 0 Å². The molecule has 1 rings (SSSR count). The highest BCUT2D eigenvalue weighted by Crippen LogP contribution is 2.24. The fraction of sp³-hybridized carbons (Fsp3) is 0.944. The van der Waals surface area contributed by atoms with Crippen LogP contribution in [0.4, 0.5) is 0 Å². The number of nitrogens with zero attached hydrogens (tertiary/aromatic N) is 1. The van der Waals surface area contributed by atoms with Crippen LogP contribution in [0.2, 0.25) is 0 Å². The molecule has 0 aromatic rings. The lowest BCUT2D eigenvalue weighted by Crippen LogP contribution is -2.48. The summed E-state index contributed by atoms with van der Waals surface area (Å²) in [5.74, 6) is 0.367. The van der Waals surface area contributed by atoms with Crippen LogP contribution >= 0.6 is 0 Å². The maximum absolute atomic E-state index is 12.7. The van der Waals surface area contributed by atoms with Gasteiger partial charge in [-0.1, -0.05) is 136 Å². The summed E-state index contributed by atoms with van der Waals surface area (Å²) in [5.41, 5.74) is 0. The van der Waals surface area contributed by atoms with Gasteiger partial charge in [-0.2, -0.15) is 16.8 Å². The number of amides is 1. The third-order valence-corrected chi connectivity index (χ3v) is 10.8. The molecule has 1 saturated heterocycles. The number of unbranched alkanes of at least 4 members (excludes halogenated alkanes) is 15. The lowest BCUT2D eigenvalue weighted by molar-refractivity contribution is -0.154. The molecule has 2 N–H and O–H groups in total. The molecule has 4 atom stereocenters. The highest BCUT2D eigenvalue weighted by molar-refractivity contribution is 7.81. The molecule has 296 valence electrons. The third-order valence-electron chi connectivity index (χ3n) is 9.82. The van der Waals surface area contributed by atoms with Gasteiger partial charge in [0.2, 0.25) is 5.91 Å². The smallest absolute Gasteiger partial charge is 0.397 e. The SMILES string of the molecule is CCCCCC[C@@H](C)CCCCCC[C@H](OS(=O)(=O)O)[C@@H](CCCCCCCCCCCCC(=O)N1CCCC[C@@H]1C(=O)OC)OS(=O)(=O)O. The van der Waals surface area contributed by atoms with E-state index < -0.39 is 39.0 Å². The second-order valence-corrected chi connectivity index (χ2v) is 16.4. The van der Waals surface area contributed by atoms with Crippen LogP contribution in [0.1, 0.15) is 181 Å². The van der Waals surface area contributed by atoms with Crippen LogP contribution in [0.5, 0.6) is 0 Å². The Morgan fingerprint density at radius 2 is 1.08 bits per heavy atom. The molecule has 0 aromatic carbocycles. The number of hydrogen-bond donors (Lipinski definition) is 2. The fourth-order valence-electron chi connectivity index (χ4n) is 6.95. The molecule has 0 spiro atoms. The summed E-state index contributed by atoms with van der Waals surface area (Å²) < 4.78 is 79.7. The molecule has 1 aliphatic rings. The van der Waals surface area contributed by atoms with Gasteiger partial charge in [-0.3, -0.25) is 13.9 Å². The molecule has 1 heterocycles. The van der Waals surface area contributed by atoms with Crippen LogP contribution in [0, 0.1) is 5.92 Å². The first-order chi connectivity index (χ1) is 23.8. The van der Waals surface area contributed by atoms with Crippen LogP contribution in [-0.2, 0) is 43.5 Å². The second-order valence-electron chi connectivity index (χ2n) is 14.3. The van der Waals surface area contributed by atoms with Crippen molar-refractivity contribution < 1.29 is 48.6 Å². The largest absolute Gasteiger partial charge is 0.467 e. The number of methoxy groups -OCH3 is 1. The summed E-state index contributed by atoms with van der Waals surface area (Å²) in [6.07, 6.45) is 20.8. The minimum Gasteiger partial charge on any atom is -0.467 e. The molecule has 1 fully saturated rings. The van der Waals surface area contributed by atoms with Gasteiger partial charge in [0.15, 0.2) is 0 Å². The van der Waals surface area contributed by atoms with E-state index >= 15 is 0 Å². The Balaban J connectivity index is 2.32. The maximum atomic E-state index is 12.7. The summed E-state index contributed by atoms with van der Waals surface area (Å²) in [7, 11) is -8.36. The monoisotopic (exact) mass is 755 g/mol. The predicted octanol–water partition coefficient (Wildman–Crippen LogP) is 8.54. The van der Waals surface area contributed by atoms with Gasteiger partial charge in [0.05, 0.1) is 7.11 Å². The van der Waals surface area contributed by atoms with Crippen molar-refractivity contribution in [2.45, 2.75) is 199 Å². The Morgan fingerprint density at radius 3 is 1.52 bits per heavy atom. The first kappa shape index (κ1) is 46.7. The highest BCUT2D eigenvalue weighted by atomic mass is 32.3. The van der Waals surface area contributed by atoms with Gasteiger partial charge in [-0.05, 0) is 44.4 Å². The molecule has 0 radical (unpaired) electrons. The van der Waals surface area contributed by atoms with Crippen molar-refractivity contribution in [1.29, 1.82) is 0 Å². The van der Waals surface area contributed by atoms with Crippen LogP contribution in [0.25, 0.3) is 0 Å². The second kappa shape index (κ2) is 27.3. The van der Waals surface area contributed by atoms with Crippen LogP contribution in [-0.4, -0.2) is 74.6 Å². The molecular weight excluding hydrogens is 687 g/mol. The predicted molar refractivity (Wildman–Crippen MR) is 195 cm³/mol. The number of rotatable bonds is 31. The van der Waals surface area contributed by atoms with E-state index in [0.29, 0.717) is 38.1 Å². The number of hydrogen-bond acceptors (Lipinski definition) is 9. The van der Waals surface area contributed by atoms with Crippen molar-refractivity contribution in [2.75, 3.05) is 13.7 Å². The quantitative estimate of drug-likeness (QED) is 0.0394. The molecule has 14 heteroatoms. The van der Waals surface area contributed by atoms with Crippen molar-refractivity contribution in [1.82, 2.24) is 4.90 Å². The van der Waals surface area contributed by atoms with Crippen molar-refractivity contribution in [3.05, 3.63) is 0 Å². The summed E-state index contributed by atoms with van der Waals surface area (Å²) in [6, 6.07) is -0.447. The Labute approximate surface area is 304 Å². The average Bonchev–Trinajstić information content (AvgIpc) is 3.06. The lowest BCUT2D eigenvalue weighted by Gasteiger charge is -2.33. The lowest BCUT2D eigenvalue weighted by atomic mass is 9.95. The summed E-state index contributed by atoms with van der Waals surface area (Å²) >= 11 is 0. The van der Waals surface area contributed by atoms with Gasteiger partial charge < -0.3 is 9.64 Å². The molecule has 0 saturated carbocycles. The zero-order valence-electron chi connectivity index (χ0n) is 31.2. The Morgan fingerprint density at radius 1 is 0.660 bits per heavy atom. The van der Waals surface area contributed by atoms with E-state index in [1.54, 1.807) is 4.90 Å². The van der Waals surface area contributed by atoms with Crippen LogP contribution in [0.15, 0.2) is 0 Å². The average molecular weight is 756 g/mol. The molecular formula is C36H69NO11S2. The summed E-state index contributed by atoms with van der Waals surface area (Å²) in [6.45, 7) is 5.09. The Bertz CT molecular complexity index is 1120. The van der Waals surface area contributed by atoms with Crippen LogP contribution in [0.3, 0.4) is 0 Å². The van der Waals surface area contributed by atoms with E-state index in [-0.39, 0.29) is 24.7 Å². The minimum atomic E-state index is -4.86. The summed E-state index contributed by atoms with van der Waals surface area (Å²) in [5, 5.41) is 0. The fourth-order valence-corrected chi connectivity index (χ4v) is 8.02. The molecule has 0 aromatic heterocycles. The standard InChI is InChI=1S/C36H69NO11S2/c1-4-5-6-17-24-31(2)25-18-15-16-20-28-34(48-50(43,44)45)33(47-49(40,41)42)27-19-13-11-9-7-8-10-12-14-21-29-35(38)37-30-23-22-26-32(37)36(39)46-3/h31-34H,4-30H2,1-3H3,(H,40,41,42)(H,43,44,45)/t31-,32-,33-,34+/m1/s1. The summed E-state index contributed by atoms with van der Waals surface area (Å²) in [4.78, 5) is 26.4. The number of carbonyl (C=O) groups excluding carboxylic acids is 2. The minimum absolute atomic E-state index is 0.0315. The van der Waals surface area contributed by atoms with Crippen molar-refractivity contribution >= 4 is 32.7 Å². The Hall–Kier alpha value is -1.32. The van der Waals surface area contributed by atoms with E-state index in [1.807, 2.05) is 0 Å². The van der Waals surface area contributed by atoms with E-state index in [1.165, 1.54) is 39.2 Å². The number of carbonyl (C=O) groups is 2. The topological polar surface area (TPSA) is 174 Å². The number of ether oxygens (including phenoxy) is 1. The van der Waals surface area contributed by atoms with Crippen molar-refractivity contribution in [3.8, 4) is 0 Å². The van der Waals surface area contributed by atoms with Gasteiger partial charge in [0, 0.05) is 13.0 Å². The van der Waals surface area contributed by atoms with Crippen LogP contribution < -0.4 is 0 Å². The zero-order chi connectivity index (χ0) is 37.3. The number of piperidine rings is 1. The first-order valence-electron chi connectivity index (χ1n) is 19.5. The maximum Gasteiger partial charge on any atom is 0.397 e. The normalized spacial score (nSPS) is 17.4. The number of esters is 1. The van der Waals surface area contributed by atoms with E-state index in [9.17, 15) is 35.5 Å². The molecule has 12 nitrogen and oxygen atoms in total. The Kier molecular flexibility index (Phi) is 25.5. The van der Waals surface area contributed by atoms with Crippen molar-refractivity contribution in [2.24, 2.45) is 5.92 Å². The molecule has 1 aliphatic heterocycles. The molecule has 0 aliphatic carbocycles. The third kappa shape index (κ3) is 24.0. The van der Waals surface area contributed by atoms with Gasteiger partial charge in [-0.25, -0.2) is 13.2 Å². The van der Waals surface area contributed by atoms with Crippen molar-refractivity contribution in [3.63, 3.8) is 0 Å². The zero-order valence-corrected chi connectivity index (χ0v) is 32.9. The molecule has 0 bridgehead atoms. The van der Waals surface area contributed by atoms with E-state index in [0.717, 1.165) is 96.3 Å². The molecule has 1 amide bonds. The van der Waals surface area contributed by atoms with E-state index in [2.05, 4.69) is 13.8 Å². The van der Waals surface area contributed by atoms with Gasteiger partial charge in [-0.15, -0.1) is 0 Å². The first-order valence-corrected chi connectivity index (χ1v) is 22.2. The highest BCUT2D eigenvalue weighted by Gasteiger charge is 2.33. The molecule has 0 unspecified atom stereocenters. The van der Waals surface area contributed by atoms with E-state index in [4.69, 9.17) is 13.1 Å². The van der Waals surface area contributed by atoms with Gasteiger partial charge >= 0.3 is 26.8 Å². The molecule has 50 heavy (non-hydrogen) atoms.